The molecular formula is C116H87N3O6. The van der Waals surface area contributed by atoms with Crippen LogP contribution in [0.25, 0.3) is 65.7 Å². The van der Waals surface area contributed by atoms with Crippen molar-refractivity contribution in [3.05, 3.63) is 467 Å². The second-order valence-electron chi connectivity index (χ2n) is 34.7. The Bertz CT molecular complexity index is 6640. The first-order valence-electron chi connectivity index (χ1n) is 42.7. The molecule has 0 aromatic heterocycles. The number of carbonyl (C=O) groups excluding carboxylic acids is 3. The summed E-state index contributed by atoms with van der Waals surface area (Å²) in [4.78, 5) is 50.2. The number of anilines is 9. The number of nitrogens with zero attached hydrogens (tertiary/aromatic N) is 3. The van der Waals surface area contributed by atoms with E-state index in [0.717, 1.165) is 100 Å². The molecule has 0 saturated carbocycles. The predicted octanol–water partition coefficient (Wildman–Crippen LogP) is 29.5. The van der Waals surface area contributed by atoms with Gasteiger partial charge in [-0.3, -0.25) is 0 Å². The number of hydrogen-bond acceptors (Lipinski definition) is 9. The second-order valence-corrected chi connectivity index (χ2v) is 34.7. The molecule has 18 aromatic rings. The summed E-state index contributed by atoms with van der Waals surface area (Å²) < 4.78 is 18.7. The summed E-state index contributed by atoms with van der Waals surface area (Å²) in [7, 11) is 0. The van der Waals surface area contributed by atoms with Gasteiger partial charge >= 0.3 is 17.9 Å². The standard InChI is InChI=1S/C116H87N3O6/c1-113(2)101-35-17-14-32-95(101)98-68-59-86(71-104(98)113)117(107-38-20-26-74-23-8-11-29-92(74)107)83-53-41-77(42-54-83)110(120)123-89-62-47-80(48-63-89)116(7,81-49-64-90(65-50-81)124-111(121)78-43-55-84(56-44-78)118(108-39-21-27-75-24-9-12-30-93(75)108)87-60-69-99-96-33-15-18-36-102(96)114(3,4)105(99)72-87)82-51-66-91(67-52-82)125-112(122)79-45-57-85(58-46-79)119(109-40-22-28-76-25-10-13-31-94(76)109)88-61-70-100-97-34-16-19-37-103(97)115(5,6)106(100)73-88/h8-73H,1-7H3. The summed E-state index contributed by atoms with van der Waals surface area (Å²) in [5, 5.41) is 6.65. The van der Waals surface area contributed by atoms with E-state index >= 15 is 0 Å². The lowest BCUT2D eigenvalue weighted by molar-refractivity contribution is 0.0725. The zero-order chi connectivity index (χ0) is 85.0. The highest BCUT2D eigenvalue weighted by atomic mass is 16.5. The van der Waals surface area contributed by atoms with Crippen LogP contribution in [0.1, 0.15) is 130 Å². The SMILES string of the molecule is CC1(C)c2ccccc2-c2ccc(N(c3ccc(C(=O)Oc4ccc(C(C)(c5ccc(OC(=O)c6ccc(N(c7ccc8c(c7)C(C)(C)c7ccccc7-8)c7cccc8ccccc78)cc6)cc5)c5ccc(OC(=O)c6ccc(N(c7ccc8c(c7)C(C)(C)c7ccccc7-8)c7cccc8ccccc78)cc6)cc5)cc4)cc3)c3cccc4ccccc34)cc21. The molecule has 0 bridgehead atoms. The van der Waals surface area contributed by atoms with Crippen molar-refractivity contribution >= 4 is 101 Å². The molecule has 9 heteroatoms. The molecule has 125 heavy (non-hydrogen) atoms. The Morgan fingerprint density at radius 1 is 0.232 bits per heavy atom. The fourth-order valence-electron chi connectivity index (χ4n) is 19.8. The molecule has 18 aromatic carbocycles. The molecule has 0 N–H and O–H groups in total. The molecular weight excluding hydrogens is 1530 g/mol. The summed E-state index contributed by atoms with van der Waals surface area (Å²) in [6, 6.07) is 136. The van der Waals surface area contributed by atoms with Crippen molar-refractivity contribution in [2.45, 2.75) is 70.1 Å². The summed E-state index contributed by atoms with van der Waals surface area (Å²) in [5.41, 5.74) is 26.1. The van der Waals surface area contributed by atoms with Gasteiger partial charge in [-0.1, -0.05) is 278 Å². The fraction of sp³-hybridized carbons (Fsp3) is 0.0948. The fourth-order valence-corrected chi connectivity index (χ4v) is 19.8. The van der Waals surface area contributed by atoms with Gasteiger partial charge in [-0.15, -0.1) is 0 Å². The summed E-state index contributed by atoms with van der Waals surface area (Å²) in [6.45, 7) is 15.9. The molecule has 0 fully saturated rings. The molecule has 3 aliphatic rings. The Morgan fingerprint density at radius 3 is 0.744 bits per heavy atom. The highest BCUT2D eigenvalue weighted by Crippen LogP contribution is 2.56. The van der Waals surface area contributed by atoms with Crippen LogP contribution in [-0.4, -0.2) is 17.9 Å². The lowest BCUT2D eigenvalue weighted by Crippen LogP contribution is -2.25. The van der Waals surface area contributed by atoms with Gasteiger partial charge in [0.05, 0.1) is 33.8 Å². The first kappa shape index (κ1) is 76.9. The summed E-state index contributed by atoms with van der Waals surface area (Å²) in [6.07, 6.45) is 0. The number of hydrogen-bond donors (Lipinski definition) is 0. The molecule has 9 nitrogen and oxygen atoms in total. The van der Waals surface area contributed by atoms with E-state index in [1.807, 2.05) is 146 Å². The van der Waals surface area contributed by atoms with E-state index in [4.69, 9.17) is 14.2 Å². The normalized spacial score (nSPS) is 13.4. The third-order valence-electron chi connectivity index (χ3n) is 26.5. The Hall–Kier alpha value is -15.5. The van der Waals surface area contributed by atoms with Gasteiger partial charge in [0, 0.05) is 71.9 Å². The van der Waals surface area contributed by atoms with E-state index in [0.29, 0.717) is 33.9 Å². The van der Waals surface area contributed by atoms with E-state index in [-0.39, 0.29) is 16.2 Å². The van der Waals surface area contributed by atoms with E-state index in [1.54, 1.807) is 0 Å². The van der Waals surface area contributed by atoms with Crippen molar-refractivity contribution in [3.63, 3.8) is 0 Å². The number of carbonyl (C=O) groups is 3. The second kappa shape index (κ2) is 30.3. The van der Waals surface area contributed by atoms with Crippen LogP contribution >= 0.6 is 0 Å². The minimum atomic E-state index is -0.896. The van der Waals surface area contributed by atoms with Crippen molar-refractivity contribution in [2.75, 3.05) is 14.7 Å². The Kier molecular flexibility index (Phi) is 18.6. The third-order valence-corrected chi connectivity index (χ3v) is 26.5. The lowest BCUT2D eigenvalue weighted by atomic mass is 9.71. The highest BCUT2D eigenvalue weighted by molar-refractivity contribution is 6.04. The van der Waals surface area contributed by atoms with E-state index in [2.05, 4.69) is 318 Å². The van der Waals surface area contributed by atoms with Crippen LogP contribution in [0.2, 0.25) is 0 Å². The topological polar surface area (TPSA) is 88.6 Å². The van der Waals surface area contributed by atoms with Gasteiger partial charge in [0.2, 0.25) is 0 Å². The van der Waals surface area contributed by atoms with Gasteiger partial charge in [0.25, 0.3) is 0 Å². The molecule has 0 unspecified atom stereocenters. The van der Waals surface area contributed by atoms with E-state index < -0.39 is 23.3 Å². The van der Waals surface area contributed by atoms with Gasteiger partial charge in [-0.2, -0.15) is 0 Å². The highest BCUT2D eigenvalue weighted by Gasteiger charge is 2.40. The van der Waals surface area contributed by atoms with Gasteiger partial charge in [0.15, 0.2) is 0 Å². The zero-order valence-corrected chi connectivity index (χ0v) is 70.4. The number of benzene rings is 18. The number of ether oxygens (including phenoxy) is 3. The quantitative estimate of drug-likeness (QED) is 0.0473. The molecule has 3 aliphatic carbocycles. The lowest BCUT2D eigenvalue weighted by Gasteiger charge is -2.32. The monoisotopic (exact) mass is 1620 g/mol. The third kappa shape index (κ3) is 13.2. The van der Waals surface area contributed by atoms with Crippen molar-refractivity contribution in [1.29, 1.82) is 0 Å². The van der Waals surface area contributed by atoms with E-state index in [1.165, 1.54) is 66.8 Å². The van der Waals surface area contributed by atoms with Crippen LogP contribution in [0, 0.1) is 0 Å². The molecule has 0 spiro atoms. The van der Waals surface area contributed by atoms with Crippen LogP contribution in [0.15, 0.2) is 400 Å². The zero-order valence-electron chi connectivity index (χ0n) is 70.4. The van der Waals surface area contributed by atoms with Gasteiger partial charge < -0.3 is 28.9 Å². The largest absolute Gasteiger partial charge is 0.423 e. The average molecular weight is 1620 g/mol. The maximum atomic E-state index is 14.5. The van der Waals surface area contributed by atoms with E-state index in [9.17, 15) is 14.4 Å². The Morgan fingerprint density at radius 2 is 0.464 bits per heavy atom. The first-order valence-corrected chi connectivity index (χ1v) is 42.7. The molecule has 0 saturated heterocycles. The summed E-state index contributed by atoms with van der Waals surface area (Å²) in [5.74, 6) is -0.458. The molecule has 0 atom stereocenters. The van der Waals surface area contributed by atoms with Crippen LogP contribution in [-0.2, 0) is 21.7 Å². The van der Waals surface area contributed by atoms with Crippen molar-refractivity contribution in [3.8, 4) is 50.6 Å². The number of fused-ring (bicyclic) bond motifs is 12. The minimum absolute atomic E-state index is 0.218. The molecule has 0 aliphatic heterocycles. The van der Waals surface area contributed by atoms with Crippen LogP contribution in [0.4, 0.5) is 51.2 Å². The maximum Gasteiger partial charge on any atom is 0.343 e. The minimum Gasteiger partial charge on any atom is -0.423 e. The molecule has 0 radical (unpaired) electrons. The van der Waals surface area contributed by atoms with Gasteiger partial charge in [-0.05, 0) is 270 Å². The van der Waals surface area contributed by atoms with Crippen LogP contribution in [0.5, 0.6) is 17.2 Å². The molecule has 602 valence electrons. The molecule has 21 rings (SSSR count). The van der Waals surface area contributed by atoms with Crippen molar-refractivity contribution in [2.24, 2.45) is 0 Å². The van der Waals surface area contributed by atoms with Gasteiger partial charge in [0.1, 0.15) is 17.2 Å². The predicted molar refractivity (Wildman–Crippen MR) is 508 cm³/mol. The number of esters is 3. The first-order chi connectivity index (χ1) is 60.8. The van der Waals surface area contributed by atoms with Crippen LogP contribution < -0.4 is 28.9 Å². The Labute approximate surface area is 727 Å². The van der Waals surface area contributed by atoms with Crippen LogP contribution in [0.3, 0.4) is 0 Å². The molecule has 0 amide bonds. The maximum absolute atomic E-state index is 14.5. The number of rotatable bonds is 18. The van der Waals surface area contributed by atoms with Crippen molar-refractivity contribution in [1.82, 2.24) is 0 Å². The average Bonchev–Trinajstić information content (AvgIpc) is 1.59. The molecule has 0 heterocycles. The van der Waals surface area contributed by atoms with Gasteiger partial charge in [-0.25, -0.2) is 14.4 Å². The van der Waals surface area contributed by atoms with Crippen molar-refractivity contribution < 1.29 is 28.6 Å². The summed E-state index contributed by atoms with van der Waals surface area (Å²) >= 11 is 0. The smallest absolute Gasteiger partial charge is 0.343 e. The Balaban J connectivity index is 0.570.